The molecule has 0 bridgehead atoms. The summed E-state index contributed by atoms with van der Waals surface area (Å²) in [6.07, 6.45) is 0. The fraction of sp³-hybridized carbons (Fsp3) is 0. The van der Waals surface area contributed by atoms with Crippen LogP contribution in [0.2, 0.25) is 0 Å². The summed E-state index contributed by atoms with van der Waals surface area (Å²) in [6, 6.07) is 0. The molecule has 9 heavy (non-hydrogen) atoms. The normalized spacial score (nSPS) is 5.00. The molecule has 0 aliphatic heterocycles. The van der Waals surface area contributed by atoms with Crippen molar-refractivity contribution in [3.05, 3.63) is 0 Å². The van der Waals surface area contributed by atoms with Crippen LogP contribution in [0, 0.1) is 0 Å². The monoisotopic (exact) mass is 392 g/mol. The molecular weight excluding hydrogens is 383 g/mol. The Balaban J connectivity index is -0.00000000450. The third-order valence-corrected chi connectivity index (χ3v) is 0. The Morgan fingerprint density at radius 3 is 0.556 bits per heavy atom. The molecule has 0 saturated heterocycles. The van der Waals surface area contributed by atoms with Crippen LogP contribution in [0.5, 0.6) is 0 Å². The number of hydrogen-bond donors (Lipinski definition) is 0. The van der Waals surface area contributed by atoms with Gasteiger partial charge in [0.25, 0.3) is 0 Å². The zero-order chi connectivity index (χ0) is 3.58. The molecule has 5 nitrogen and oxygen atoms in total. The summed E-state index contributed by atoms with van der Waals surface area (Å²) in [4.78, 5) is 0. The molecule has 0 unspecified atom stereocenters. The van der Waals surface area contributed by atoms with Crippen LogP contribution in [0.4, 0.5) is 0 Å². The molecule has 9 heteroatoms. The molecule has 0 aromatic heterocycles. The minimum absolute atomic E-state index is 0. The second kappa shape index (κ2) is 34.2. The zero-order valence-corrected chi connectivity index (χ0v) is 8.37. The molecule has 0 radical (unpaired) electrons. The molecule has 0 heterocycles. The first-order valence-corrected chi connectivity index (χ1v) is 8.40. The van der Waals surface area contributed by atoms with Crippen LogP contribution in [0.1, 0.15) is 0 Å². The predicted octanol–water partition coefficient (Wildman–Crippen LogP) is -2.06. The number of hydrogen-bond acceptors (Lipinski definition) is 0. The molecule has 0 aromatic carbocycles. The minimum atomic E-state index is -1.79. The van der Waals surface area contributed by atoms with Crippen molar-refractivity contribution in [2.24, 2.45) is 0 Å². The van der Waals surface area contributed by atoms with Crippen molar-refractivity contribution in [3.63, 3.8) is 0 Å². The summed E-state index contributed by atoms with van der Waals surface area (Å²) in [5.41, 5.74) is 0. The van der Waals surface area contributed by atoms with Crippen molar-refractivity contribution in [3.8, 4) is 0 Å². The molecule has 0 spiro atoms. The van der Waals surface area contributed by atoms with Crippen LogP contribution in [-0.2, 0) is 15.2 Å². The molecule has 0 amide bonds. The van der Waals surface area contributed by atoms with Crippen molar-refractivity contribution in [2.45, 2.75) is 0 Å². The van der Waals surface area contributed by atoms with E-state index in [0.29, 0.717) is 0 Å². The molecular formula is H10AuCl3O5. The van der Waals surface area contributed by atoms with Gasteiger partial charge in [0, 0.05) is 0 Å². The Labute approximate surface area is 70.0 Å². The van der Waals surface area contributed by atoms with Gasteiger partial charge in [-0.15, -0.1) is 0 Å². The first-order valence-electron chi connectivity index (χ1n) is 0.342. The van der Waals surface area contributed by atoms with Gasteiger partial charge in [-0.3, -0.25) is 0 Å². The first kappa shape index (κ1) is 47.4. The topological polar surface area (TPSA) is 158 Å². The first-order chi connectivity index (χ1) is 1.73. The summed E-state index contributed by atoms with van der Waals surface area (Å²) in [7, 11) is 14.9. The second-order valence-corrected chi connectivity index (χ2v) is 9.52. The maximum atomic E-state index is 4.95. The summed E-state index contributed by atoms with van der Waals surface area (Å²) < 4.78 is 0. The Bertz CT molecular complexity index is 16.9. The van der Waals surface area contributed by atoms with E-state index >= 15 is 0 Å². The van der Waals surface area contributed by atoms with Gasteiger partial charge in [0.15, 0.2) is 0 Å². The second-order valence-electron chi connectivity index (χ2n) is 0.129. The third kappa shape index (κ3) is 260. The molecule has 0 atom stereocenters. The van der Waals surface area contributed by atoms with Crippen LogP contribution in [0.3, 0.4) is 0 Å². The van der Waals surface area contributed by atoms with Crippen molar-refractivity contribution >= 4 is 27.6 Å². The third-order valence-electron chi connectivity index (χ3n) is 0. The fourth-order valence-corrected chi connectivity index (χ4v) is 0. The molecule has 0 saturated carbocycles. The van der Waals surface area contributed by atoms with E-state index < -0.39 is 15.2 Å². The molecule has 0 aliphatic carbocycles. The van der Waals surface area contributed by atoms with Crippen molar-refractivity contribution < 1.29 is 42.6 Å². The summed E-state index contributed by atoms with van der Waals surface area (Å²) >= 11 is -1.79. The van der Waals surface area contributed by atoms with Gasteiger partial charge in [-0.2, -0.15) is 0 Å². The van der Waals surface area contributed by atoms with Gasteiger partial charge in [-0.05, 0) is 0 Å². The van der Waals surface area contributed by atoms with Crippen LogP contribution >= 0.6 is 27.6 Å². The fourth-order valence-electron chi connectivity index (χ4n) is 0. The van der Waals surface area contributed by atoms with Gasteiger partial charge in [-0.1, -0.05) is 0 Å². The molecule has 10 N–H and O–H groups in total. The Hall–Kier alpha value is 1.41. The SMILES string of the molecule is O.O.O.O.O.[Cl][Au]([Cl])[Cl]. The number of halogens is 3. The van der Waals surface area contributed by atoms with E-state index in [-0.39, 0.29) is 27.4 Å². The van der Waals surface area contributed by atoms with E-state index in [1.54, 1.807) is 0 Å². The molecule has 0 fully saturated rings. The van der Waals surface area contributed by atoms with E-state index in [2.05, 4.69) is 0 Å². The van der Waals surface area contributed by atoms with Crippen LogP contribution < -0.4 is 0 Å². The van der Waals surface area contributed by atoms with Gasteiger partial charge in [0.05, 0.1) is 0 Å². The molecule has 0 aliphatic rings. The van der Waals surface area contributed by atoms with Crippen LogP contribution in [0.25, 0.3) is 0 Å². The van der Waals surface area contributed by atoms with E-state index in [4.69, 9.17) is 27.6 Å². The van der Waals surface area contributed by atoms with E-state index in [1.807, 2.05) is 0 Å². The summed E-state index contributed by atoms with van der Waals surface area (Å²) in [5, 5.41) is 0. The van der Waals surface area contributed by atoms with Crippen molar-refractivity contribution in [1.29, 1.82) is 0 Å². The van der Waals surface area contributed by atoms with Gasteiger partial charge in [-0.25, -0.2) is 0 Å². The average molecular weight is 393 g/mol. The quantitative estimate of drug-likeness (QED) is 0.415. The van der Waals surface area contributed by atoms with Gasteiger partial charge in [0.2, 0.25) is 0 Å². The van der Waals surface area contributed by atoms with E-state index in [1.165, 1.54) is 0 Å². The van der Waals surface area contributed by atoms with E-state index in [9.17, 15) is 0 Å². The molecule has 72 valence electrons. The summed E-state index contributed by atoms with van der Waals surface area (Å²) in [5.74, 6) is 0. The molecule has 0 rings (SSSR count). The summed E-state index contributed by atoms with van der Waals surface area (Å²) in [6.45, 7) is 0. The predicted molar refractivity (Wildman–Crippen MR) is 35.6 cm³/mol. The Morgan fingerprint density at radius 2 is 0.556 bits per heavy atom. The molecule has 0 aromatic rings. The van der Waals surface area contributed by atoms with Crippen LogP contribution in [-0.4, -0.2) is 27.4 Å². The average Bonchev–Trinajstić information content (AvgIpc) is 0.811. The van der Waals surface area contributed by atoms with Gasteiger partial charge >= 0.3 is 42.8 Å². The van der Waals surface area contributed by atoms with Crippen molar-refractivity contribution in [1.82, 2.24) is 0 Å². The van der Waals surface area contributed by atoms with Crippen LogP contribution in [0.15, 0.2) is 0 Å². The standard InChI is InChI=1S/Au.3ClH.5H2O/h;3*1H;5*1H2/q+3;;;;;;;;/p-3. The van der Waals surface area contributed by atoms with E-state index in [0.717, 1.165) is 0 Å². The number of rotatable bonds is 0. The van der Waals surface area contributed by atoms with Gasteiger partial charge < -0.3 is 27.4 Å². The van der Waals surface area contributed by atoms with Crippen molar-refractivity contribution in [2.75, 3.05) is 0 Å². The zero-order valence-electron chi connectivity index (χ0n) is 3.94. The Kier molecular flexibility index (Phi) is 180. The maximum absolute atomic E-state index is 4.95. The Morgan fingerprint density at radius 1 is 0.556 bits per heavy atom. The van der Waals surface area contributed by atoms with Gasteiger partial charge in [0.1, 0.15) is 0 Å².